The molecule has 2 nitrogen and oxygen atoms in total. The van der Waals surface area contributed by atoms with Crippen LogP contribution in [0.2, 0.25) is 0 Å². The Labute approximate surface area is 104 Å². The van der Waals surface area contributed by atoms with Crippen molar-refractivity contribution in [2.45, 2.75) is 39.7 Å². The topological polar surface area (TPSA) is 20.3 Å². The van der Waals surface area contributed by atoms with Gasteiger partial charge in [-0.05, 0) is 43.2 Å². The molecule has 0 amide bonds. The summed E-state index contributed by atoms with van der Waals surface area (Å²) in [6, 6.07) is 0.155. The van der Waals surface area contributed by atoms with E-state index in [4.69, 9.17) is 0 Å². The average molecular weight is 233 g/mol. The highest BCUT2D eigenvalue weighted by Gasteiger charge is 2.61. The Bertz CT molecular complexity index is 398. The van der Waals surface area contributed by atoms with E-state index in [0.717, 1.165) is 18.0 Å². The summed E-state index contributed by atoms with van der Waals surface area (Å²) in [5.74, 6) is 2.15. The van der Waals surface area contributed by atoms with E-state index < -0.39 is 0 Å². The third-order valence-corrected chi connectivity index (χ3v) is 5.58. The lowest BCUT2D eigenvalue weighted by Crippen LogP contribution is -2.49. The quantitative estimate of drug-likeness (QED) is 0.693. The zero-order chi connectivity index (χ0) is 12.4. The van der Waals surface area contributed by atoms with E-state index in [-0.39, 0.29) is 11.5 Å². The summed E-state index contributed by atoms with van der Waals surface area (Å²) in [7, 11) is 2.13. The molecule has 0 aromatic carbocycles. The van der Waals surface area contributed by atoms with Crippen molar-refractivity contribution in [2.24, 2.45) is 23.2 Å². The second kappa shape index (κ2) is 3.44. The minimum Gasteiger partial charge on any atom is -0.296 e. The van der Waals surface area contributed by atoms with Crippen LogP contribution in [0.4, 0.5) is 0 Å². The summed E-state index contributed by atoms with van der Waals surface area (Å²) in [4.78, 5) is 15.0. The van der Waals surface area contributed by atoms with Crippen LogP contribution < -0.4 is 0 Å². The number of ketones is 1. The number of hydrogen-bond donors (Lipinski definition) is 0. The highest BCUT2D eigenvalue weighted by atomic mass is 16.1. The lowest BCUT2D eigenvalue weighted by atomic mass is 9.64. The van der Waals surface area contributed by atoms with Gasteiger partial charge in [0.25, 0.3) is 0 Å². The first-order chi connectivity index (χ1) is 7.96. The van der Waals surface area contributed by atoms with Gasteiger partial charge in [-0.25, -0.2) is 0 Å². The molecule has 4 atom stereocenters. The van der Waals surface area contributed by atoms with Crippen molar-refractivity contribution in [3.05, 3.63) is 11.6 Å². The van der Waals surface area contributed by atoms with Crippen molar-refractivity contribution in [1.29, 1.82) is 0 Å². The van der Waals surface area contributed by atoms with E-state index in [9.17, 15) is 4.79 Å². The van der Waals surface area contributed by atoms with E-state index >= 15 is 0 Å². The fourth-order valence-electron chi connectivity index (χ4n) is 4.63. The summed E-state index contributed by atoms with van der Waals surface area (Å²) in [5.41, 5.74) is 1.32. The molecule has 2 fully saturated rings. The number of carbonyl (C=O) groups excluding carboxylic acids is 1. The molecule has 2 unspecified atom stereocenters. The molecule has 1 aliphatic heterocycles. The number of carbonyl (C=O) groups is 1. The summed E-state index contributed by atoms with van der Waals surface area (Å²) >= 11 is 0. The lowest BCUT2D eigenvalue weighted by Gasteiger charge is -2.41. The van der Waals surface area contributed by atoms with Gasteiger partial charge in [-0.3, -0.25) is 9.69 Å². The largest absolute Gasteiger partial charge is 0.296 e. The normalized spacial score (nSPS) is 45.4. The van der Waals surface area contributed by atoms with Gasteiger partial charge in [-0.2, -0.15) is 0 Å². The summed E-state index contributed by atoms with van der Waals surface area (Å²) in [6.45, 7) is 7.76. The maximum absolute atomic E-state index is 12.7. The first-order valence-corrected chi connectivity index (χ1v) is 6.92. The van der Waals surface area contributed by atoms with Crippen LogP contribution in [0.3, 0.4) is 0 Å². The molecule has 3 rings (SSSR count). The molecule has 1 saturated heterocycles. The fourth-order valence-corrected chi connectivity index (χ4v) is 4.63. The van der Waals surface area contributed by atoms with Crippen molar-refractivity contribution in [2.75, 3.05) is 13.6 Å². The SMILES string of the molecule is CC(C)C1=C[C@@H]2CCC3CN(C)[C@@H](C1=O)C32C. The van der Waals surface area contributed by atoms with E-state index in [1.807, 2.05) is 0 Å². The molecule has 0 radical (unpaired) electrons. The van der Waals surface area contributed by atoms with Crippen molar-refractivity contribution in [3.8, 4) is 0 Å². The first kappa shape index (κ1) is 11.5. The molecule has 1 heterocycles. The Morgan fingerprint density at radius 2 is 2.12 bits per heavy atom. The van der Waals surface area contributed by atoms with Crippen molar-refractivity contribution < 1.29 is 4.79 Å². The van der Waals surface area contributed by atoms with Gasteiger partial charge in [0.15, 0.2) is 5.78 Å². The predicted molar refractivity (Wildman–Crippen MR) is 68.7 cm³/mol. The predicted octanol–water partition coefficient (Wildman–Crippen LogP) is 2.50. The van der Waals surface area contributed by atoms with Crippen LogP contribution >= 0.6 is 0 Å². The molecule has 17 heavy (non-hydrogen) atoms. The third-order valence-electron chi connectivity index (χ3n) is 5.58. The van der Waals surface area contributed by atoms with Gasteiger partial charge in [-0.1, -0.05) is 26.8 Å². The fraction of sp³-hybridized carbons (Fsp3) is 0.800. The van der Waals surface area contributed by atoms with E-state index in [0.29, 0.717) is 17.6 Å². The maximum atomic E-state index is 12.7. The van der Waals surface area contributed by atoms with Crippen molar-refractivity contribution in [1.82, 2.24) is 4.90 Å². The van der Waals surface area contributed by atoms with Gasteiger partial charge in [0.1, 0.15) is 0 Å². The lowest BCUT2D eigenvalue weighted by molar-refractivity contribution is -0.124. The van der Waals surface area contributed by atoms with Gasteiger partial charge in [0.05, 0.1) is 6.04 Å². The van der Waals surface area contributed by atoms with E-state index in [2.05, 4.69) is 38.8 Å². The highest BCUT2D eigenvalue weighted by molar-refractivity contribution is 6.01. The number of rotatable bonds is 1. The van der Waals surface area contributed by atoms with E-state index in [1.54, 1.807) is 0 Å². The standard InChI is InChI=1S/C15H23NO/c1-9(2)12-7-10-5-6-11-8-16(4)14(13(12)17)15(10,11)3/h7,9-11,14H,5-6,8H2,1-4H3/t10-,11?,14-,15?/m0/s1. The second-order valence-electron chi connectivity index (χ2n) is 6.73. The summed E-state index contributed by atoms with van der Waals surface area (Å²) in [5, 5.41) is 0. The molecular formula is C15H23NO. The molecule has 3 aliphatic rings. The number of likely N-dealkylation sites (N-methyl/N-ethyl adjacent to an activating group) is 1. The van der Waals surface area contributed by atoms with Crippen LogP contribution in [0.1, 0.15) is 33.6 Å². The average Bonchev–Trinajstić information content (AvgIpc) is 2.67. The third kappa shape index (κ3) is 1.28. The Kier molecular flexibility index (Phi) is 2.32. The van der Waals surface area contributed by atoms with Gasteiger partial charge in [-0.15, -0.1) is 0 Å². The molecule has 2 aliphatic carbocycles. The minimum absolute atomic E-state index is 0.155. The van der Waals surface area contributed by atoms with Gasteiger partial charge < -0.3 is 0 Å². The Hall–Kier alpha value is -0.630. The number of allylic oxidation sites excluding steroid dienone is 1. The van der Waals surface area contributed by atoms with Gasteiger partial charge >= 0.3 is 0 Å². The van der Waals surface area contributed by atoms with E-state index in [1.165, 1.54) is 12.8 Å². The van der Waals surface area contributed by atoms with Crippen molar-refractivity contribution in [3.63, 3.8) is 0 Å². The number of hydrogen-bond acceptors (Lipinski definition) is 2. The molecule has 0 spiro atoms. The summed E-state index contributed by atoms with van der Waals surface area (Å²) in [6.07, 6.45) is 4.91. The van der Waals surface area contributed by atoms with Crippen LogP contribution in [0, 0.1) is 23.2 Å². The molecule has 94 valence electrons. The van der Waals surface area contributed by atoms with Crippen LogP contribution in [-0.2, 0) is 4.79 Å². The van der Waals surface area contributed by atoms with Crippen LogP contribution in [0.25, 0.3) is 0 Å². The number of nitrogens with zero attached hydrogens (tertiary/aromatic N) is 1. The molecular weight excluding hydrogens is 210 g/mol. The minimum atomic E-state index is 0.155. The zero-order valence-electron chi connectivity index (χ0n) is 11.4. The van der Waals surface area contributed by atoms with Crippen LogP contribution in [0.15, 0.2) is 11.6 Å². The molecule has 0 N–H and O–H groups in total. The summed E-state index contributed by atoms with van der Waals surface area (Å²) < 4.78 is 0. The van der Waals surface area contributed by atoms with Crippen LogP contribution in [-0.4, -0.2) is 30.3 Å². The first-order valence-electron chi connectivity index (χ1n) is 6.92. The Morgan fingerprint density at radius 1 is 1.41 bits per heavy atom. The second-order valence-corrected chi connectivity index (χ2v) is 6.73. The molecule has 2 heteroatoms. The smallest absolute Gasteiger partial charge is 0.176 e. The van der Waals surface area contributed by atoms with Crippen LogP contribution in [0.5, 0.6) is 0 Å². The van der Waals surface area contributed by atoms with Gasteiger partial charge in [0, 0.05) is 12.0 Å². The molecule has 0 bridgehead atoms. The Balaban J connectivity index is 2.10. The molecule has 1 saturated carbocycles. The molecule has 0 aromatic rings. The Morgan fingerprint density at radius 3 is 2.76 bits per heavy atom. The highest BCUT2D eigenvalue weighted by Crippen LogP contribution is 2.58. The van der Waals surface area contributed by atoms with Crippen molar-refractivity contribution >= 4 is 5.78 Å². The molecule has 0 aromatic heterocycles. The zero-order valence-corrected chi connectivity index (χ0v) is 11.4. The maximum Gasteiger partial charge on any atom is 0.176 e. The monoisotopic (exact) mass is 233 g/mol. The van der Waals surface area contributed by atoms with Gasteiger partial charge in [0.2, 0.25) is 0 Å². The number of likely N-dealkylation sites (tertiary alicyclic amines) is 1. The number of Topliss-reactive ketones (excluding diaryl/α,β-unsaturated/α-hetero) is 1.